The second-order valence-corrected chi connectivity index (χ2v) is 6.74. The molecule has 3 rings (SSSR count). The number of carbonyl (C=O) groups excluding carboxylic acids is 2. The Kier molecular flexibility index (Phi) is 5.20. The number of rotatable bonds is 6. The standard InChI is InChI=1S/C17H20N4O2S/c1-2-3-4-12-5-7-14(8-6-12)21-10-13(9-15(21)22)16(23)19-17-20-18-11-24-17/h5-8,11,13H,2-4,9-10H2,1H3,(H,19,20,23). The van der Waals surface area contributed by atoms with Crippen LogP contribution in [0.1, 0.15) is 31.7 Å². The Labute approximate surface area is 144 Å². The van der Waals surface area contributed by atoms with Gasteiger partial charge in [-0.1, -0.05) is 36.8 Å². The van der Waals surface area contributed by atoms with Gasteiger partial charge in [0.2, 0.25) is 16.9 Å². The van der Waals surface area contributed by atoms with Crippen molar-refractivity contribution in [3.05, 3.63) is 35.3 Å². The van der Waals surface area contributed by atoms with Gasteiger partial charge in [0.1, 0.15) is 5.51 Å². The van der Waals surface area contributed by atoms with Gasteiger partial charge in [-0.05, 0) is 30.5 Å². The Bertz CT molecular complexity index is 700. The van der Waals surface area contributed by atoms with Crippen molar-refractivity contribution in [3.63, 3.8) is 0 Å². The molecule has 2 amide bonds. The summed E-state index contributed by atoms with van der Waals surface area (Å²) in [7, 11) is 0. The second kappa shape index (κ2) is 7.53. The quantitative estimate of drug-likeness (QED) is 0.874. The van der Waals surface area contributed by atoms with Crippen molar-refractivity contribution < 1.29 is 9.59 Å². The molecular weight excluding hydrogens is 324 g/mol. The van der Waals surface area contributed by atoms with E-state index in [0.717, 1.165) is 24.9 Å². The molecule has 1 fully saturated rings. The third kappa shape index (κ3) is 3.79. The smallest absolute Gasteiger partial charge is 0.231 e. The highest BCUT2D eigenvalue weighted by molar-refractivity contribution is 7.13. The lowest BCUT2D eigenvalue weighted by Gasteiger charge is -2.17. The van der Waals surface area contributed by atoms with E-state index in [2.05, 4.69) is 34.6 Å². The number of benzene rings is 1. The molecule has 24 heavy (non-hydrogen) atoms. The van der Waals surface area contributed by atoms with Crippen molar-refractivity contribution in [1.29, 1.82) is 0 Å². The normalized spacial score (nSPS) is 17.3. The van der Waals surface area contributed by atoms with Gasteiger partial charge in [0.25, 0.3) is 0 Å². The summed E-state index contributed by atoms with van der Waals surface area (Å²) in [5, 5.41) is 10.7. The predicted octanol–water partition coefficient (Wildman–Crippen LogP) is 2.87. The van der Waals surface area contributed by atoms with Gasteiger partial charge in [-0.3, -0.25) is 9.59 Å². The van der Waals surface area contributed by atoms with Crippen LogP contribution >= 0.6 is 11.3 Å². The molecule has 0 aliphatic carbocycles. The van der Waals surface area contributed by atoms with E-state index >= 15 is 0 Å². The molecule has 1 N–H and O–H groups in total. The number of carbonyl (C=O) groups is 2. The second-order valence-electron chi connectivity index (χ2n) is 5.91. The third-order valence-corrected chi connectivity index (χ3v) is 4.76. The van der Waals surface area contributed by atoms with Crippen molar-refractivity contribution in [3.8, 4) is 0 Å². The number of unbranched alkanes of at least 4 members (excludes halogenated alkanes) is 1. The fourth-order valence-electron chi connectivity index (χ4n) is 2.79. The van der Waals surface area contributed by atoms with E-state index in [1.807, 2.05) is 12.1 Å². The fourth-order valence-corrected chi connectivity index (χ4v) is 3.24. The fraction of sp³-hybridized carbons (Fsp3) is 0.412. The molecule has 1 unspecified atom stereocenters. The first-order valence-electron chi connectivity index (χ1n) is 8.13. The van der Waals surface area contributed by atoms with Crippen molar-refractivity contribution in [1.82, 2.24) is 10.2 Å². The summed E-state index contributed by atoms with van der Waals surface area (Å²) in [6.07, 6.45) is 3.60. The van der Waals surface area contributed by atoms with Gasteiger partial charge in [-0.15, -0.1) is 10.2 Å². The van der Waals surface area contributed by atoms with Crippen LogP contribution in [0.2, 0.25) is 0 Å². The van der Waals surface area contributed by atoms with E-state index in [9.17, 15) is 9.59 Å². The Morgan fingerprint density at radius 3 is 2.83 bits per heavy atom. The molecule has 0 bridgehead atoms. The lowest BCUT2D eigenvalue weighted by molar-refractivity contribution is -0.122. The highest BCUT2D eigenvalue weighted by atomic mass is 32.1. The number of amides is 2. The first kappa shape index (κ1) is 16.6. The van der Waals surface area contributed by atoms with E-state index in [4.69, 9.17) is 0 Å². The molecule has 6 nitrogen and oxygen atoms in total. The first-order valence-corrected chi connectivity index (χ1v) is 9.01. The topological polar surface area (TPSA) is 75.2 Å². The van der Waals surface area contributed by atoms with Crippen LogP contribution in [-0.4, -0.2) is 28.6 Å². The Hall–Kier alpha value is -2.28. The van der Waals surface area contributed by atoms with Crippen LogP contribution in [0.4, 0.5) is 10.8 Å². The van der Waals surface area contributed by atoms with Crippen LogP contribution in [0.5, 0.6) is 0 Å². The molecule has 1 aliphatic heterocycles. The molecule has 7 heteroatoms. The number of aryl methyl sites for hydroxylation is 1. The maximum atomic E-state index is 12.3. The lowest BCUT2D eigenvalue weighted by Crippen LogP contribution is -2.28. The van der Waals surface area contributed by atoms with Crippen LogP contribution in [0, 0.1) is 5.92 Å². The van der Waals surface area contributed by atoms with Crippen molar-refractivity contribution in [2.24, 2.45) is 5.92 Å². The van der Waals surface area contributed by atoms with E-state index in [1.165, 1.54) is 16.9 Å². The molecule has 2 heterocycles. The van der Waals surface area contributed by atoms with Crippen molar-refractivity contribution in [2.75, 3.05) is 16.8 Å². The first-order chi connectivity index (χ1) is 11.7. The van der Waals surface area contributed by atoms with Gasteiger partial charge in [0, 0.05) is 18.7 Å². The van der Waals surface area contributed by atoms with E-state index in [0.29, 0.717) is 11.7 Å². The average molecular weight is 344 g/mol. The molecular formula is C17H20N4O2S. The number of nitrogens with zero attached hydrogens (tertiary/aromatic N) is 3. The Morgan fingerprint density at radius 1 is 1.38 bits per heavy atom. The molecule has 1 aromatic carbocycles. The van der Waals surface area contributed by atoms with E-state index in [1.54, 1.807) is 10.4 Å². The summed E-state index contributed by atoms with van der Waals surface area (Å²) in [5.74, 6) is -0.558. The maximum absolute atomic E-state index is 12.3. The molecule has 0 saturated carbocycles. The Balaban J connectivity index is 1.63. The molecule has 2 aromatic rings. The van der Waals surface area contributed by atoms with Crippen LogP contribution in [0.15, 0.2) is 29.8 Å². The highest BCUT2D eigenvalue weighted by Gasteiger charge is 2.35. The highest BCUT2D eigenvalue weighted by Crippen LogP contribution is 2.26. The van der Waals surface area contributed by atoms with Gasteiger partial charge < -0.3 is 10.2 Å². The lowest BCUT2D eigenvalue weighted by atomic mass is 10.1. The van der Waals surface area contributed by atoms with Gasteiger partial charge in [-0.25, -0.2) is 0 Å². The molecule has 1 aromatic heterocycles. The third-order valence-electron chi connectivity index (χ3n) is 4.15. The zero-order valence-electron chi connectivity index (χ0n) is 13.6. The number of nitrogens with one attached hydrogen (secondary N) is 1. The summed E-state index contributed by atoms with van der Waals surface area (Å²) < 4.78 is 0. The largest absolute Gasteiger partial charge is 0.312 e. The maximum Gasteiger partial charge on any atom is 0.231 e. The van der Waals surface area contributed by atoms with Crippen molar-refractivity contribution >= 4 is 34.0 Å². The monoisotopic (exact) mass is 344 g/mol. The zero-order valence-corrected chi connectivity index (χ0v) is 14.4. The van der Waals surface area contributed by atoms with Crippen LogP contribution in [0.3, 0.4) is 0 Å². The number of aromatic nitrogens is 2. The summed E-state index contributed by atoms with van der Waals surface area (Å²) in [6.45, 7) is 2.57. The molecule has 126 valence electrons. The number of hydrogen-bond donors (Lipinski definition) is 1. The van der Waals surface area contributed by atoms with Crippen LogP contribution in [0.25, 0.3) is 0 Å². The molecule has 1 aliphatic rings. The molecule has 1 atom stereocenters. The summed E-state index contributed by atoms with van der Waals surface area (Å²) in [4.78, 5) is 26.2. The number of anilines is 2. The minimum absolute atomic E-state index is 0.0197. The van der Waals surface area contributed by atoms with E-state index in [-0.39, 0.29) is 24.2 Å². The van der Waals surface area contributed by atoms with Gasteiger partial charge >= 0.3 is 0 Å². The Morgan fingerprint density at radius 2 is 2.17 bits per heavy atom. The molecule has 1 saturated heterocycles. The average Bonchev–Trinajstić information content (AvgIpc) is 3.23. The van der Waals surface area contributed by atoms with Crippen LogP contribution in [-0.2, 0) is 16.0 Å². The van der Waals surface area contributed by atoms with Gasteiger partial charge in [0.15, 0.2) is 0 Å². The SMILES string of the molecule is CCCCc1ccc(N2CC(C(=O)Nc3nncs3)CC2=O)cc1. The van der Waals surface area contributed by atoms with Gasteiger partial charge in [-0.2, -0.15) is 0 Å². The van der Waals surface area contributed by atoms with Crippen molar-refractivity contribution in [2.45, 2.75) is 32.6 Å². The minimum Gasteiger partial charge on any atom is -0.312 e. The van der Waals surface area contributed by atoms with E-state index < -0.39 is 0 Å². The van der Waals surface area contributed by atoms with Gasteiger partial charge in [0.05, 0.1) is 5.92 Å². The summed E-state index contributed by atoms with van der Waals surface area (Å²) in [5.41, 5.74) is 3.69. The molecule has 0 radical (unpaired) electrons. The summed E-state index contributed by atoms with van der Waals surface area (Å²) in [6, 6.07) is 8.06. The summed E-state index contributed by atoms with van der Waals surface area (Å²) >= 11 is 1.26. The molecule has 0 spiro atoms. The number of hydrogen-bond acceptors (Lipinski definition) is 5. The van der Waals surface area contributed by atoms with Crippen LogP contribution < -0.4 is 10.2 Å². The predicted molar refractivity (Wildman–Crippen MR) is 94.1 cm³/mol. The minimum atomic E-state index is -0.360. The zero-order chi connectivity index (χ0) is 16.9.